The molecule has 0 aromatic carbocycles. The van der Waals surface area contributed by atoms with Crippen molar-refractivity contribution >= 4 is 5.91 Å². The van der Waals surface area contributed by atoms with Gasteiger partial charge in [0.25, 0.3) is 0 Å². The SMILES string of the molecule is CC(C)(C)NC(=O)CCC(CN)C1CCCCC1. The maximum absolute atomic E-state index is 11.8. The third kappa shape index (κ3) is 5.85. The molecule has 1 aliphatic rings. The number of carbonyl (C=O) groups is 1. The number of rotatable bonds is 5. The van der Waals surface area contributed by atoms with Crippen LogP contribution in [0.4, 0.5) is 0 Å². The molecule has 0 aromatic heterocycles. The first-order chi connectivity index (χ1) is 8.42. The zero-order chi connectivity index (χ0) is 13.6. The Labute approximate surface area is 112 Å². The zero-order valence-electron chi connectivity index (χ0n) is 12.3. The molecular weight excluding hydrogens is 224 g/mol. The molecule has 1 atom stereocenters. The molecule has 3 N–H and O–H groups in total. The van der Waals surface area contributed by atoms with Crippen LogP contribution in [0.3, 0.4) is 0 Å². The Kier molecular flexibility index (Phi) is 6.13. The molecule has 1 fully saturated rings. The molecule has 1 amide bonds. The summed E-state index contributed by atoms with van der Waals surface area (Å²) in [5.74, 6) is 1.46. The number of nitrogens with one attached hydrogen (secondary N) is 1. The molecule has 0 spiro atoms. The molecule has 0 aliphatic heterocycles. The molecule has 106 valence electrons. The van der Waals surface area contributed by atoms with E-state index in [9.17, 15) is 4.79 Å². The van der Waals surface area contributed by atoms with Crippen LogP contribution in [0.15, 0.2) is 0 Å². The van der Waals surface area contributed by atoms with Gasteiger partial charge in [-0.2, -0.15) is 0 Å². The maximum Gasteiger partial charge on any atom is 0.220 e. The van der Waals surface area contributed by atoms with E-state index in [1.54, 1.807) is 0 Å². The molecule has 0 aromatic rings. The highest BCUT2D eigenvalue weighted by Gasteiger charge is 2.23. The highest BCUT2D eigenvalue weighted by atomic mass is 16.1. The smallest absolute Gasteiger partial charge is 0.220 e. The van der Waals surface area contributed by atoms with E-state index in [0.29, 0.717) is 12.3 Å². The van der Waals surface area contributed by atoms with Gasteiger partial charge in [0.1, 0.15) is 0 Å². The average Bonchev–Trinajstić information content (AvgIpc) is 2.29. The lowest BCUT2D eigenvalue weighted by Crippen LogP contribution is -2.41. The average molecular weight is 254 g/mol. The van der Waals surface area contributed by atoms with Crippen molar-refractivity contribution < 1.29 is 4.79 Å². The Morgan fingerprint density at radius 3 is 2.39 bits per heavy atom. The predicted octanol–water partition coefficient (Wildman–Crippen LogP) is 2.84. The summed E-state index contributed by atoms with van der Waals surface area (Å²) < 4.78 is 0. The Balaban J connectivity index is 2.32. The van der Waals surface area contributed by atoms with Gasteiger partial charge >= 0.3 is 0 Å². The van der Waals surface area contributed by atoms with Crippen LogP contribution in [0.5, 0.6) is 0 Å². The first-order valence-corrected chi connectivity index (χ1v) is 7.43. The quantitative estimate of drug-likeness (QED) is 0.792. The fourth-order valence-corrected chi connectivity index (χ4v) is 2.95. The normalized spacial score (nSPS) is 19.6. The van der Waals surface area contributed by atoms with Crippen molar-refractivity contribution in [2.75, 3.05) is 6.54 Å². The van der Waals surface area contributed by atoms with Crippen LogP contribution < -0.4 is 11.1 Å². The topological polar surface area (TPSA) is 55.1 Å². The van der Waals surface area contributed by atoms with Crippen molar-refractivity contribution in [3.05, 3.63) is 0 Å². The van der Waals surface area contributed by atoms with Crippen LogP contribution >= 0.6 is 0 Å². The molecule has 0 radical (unpaired) electrons. The van der Waals surface area contributed by atoms with Crippen molar-refractivity contribution in [2.24, 2.45) is 17.6 Å². The summed E-state index contributed by atoms with van der Waals surface area (Å²) in [5, 5.41) is 3.02. The highest BCUT2D eigenvalue weighted by molar-refractivity contribution is 5.76. The van der Waals surface area contributed by atoms with E-state index in [-0.39, 0.29) is 11.4 Å². The molecule has 0 saturated heterocycles. The second kappa shape index (κ2) is 7.13. The second-order valence-corrected chi connectivity index (χ2v) is 6.73. The minimum atomic E-state index is -0.125. The van der Waals surface area contributed by atoms with Crippen LogP contribution in [0, 0.1) is 11.8 Å². The number of nitrogens with two attached hydrogens (primary N) is 1. The summed E-state index contributed by atoms with van der Waals surface area (Å²) in [6.45, 7) is 6.79. The number of carbonyl (C=O) groups excluding carboxylic acids is 1. The molecule has 3 heteroatoms. The van der Waals surface area contributed by atoms with Gasteiger partial charge < -0.3 is 11.1 Å². The first-order valence-electron chi connectivity index (χ1n) is 7.43. The van der Waals surface area contributed by atoms with Crippen molar-refractivity contribution in [3.8, 4) is 0 Å². The summed E-state index contributed by atoms with van der Waals surface area (Å²) in [7, 11) is 0. The number of hydrogen-bond donors (Lipinski definition) is 2. The van der Waals surface area contributed by atoms with Gasteiger partial charge in [0.05, 0.1) is 0 Å². The van der Waals surface area contributed by atoms with E-state index < -0.39 is 0 Å². The summed E-state index contributed by atoms with van der Waals surface area (Å²) in [5.41, 5.74) is 5.76. The zero-order valence-corrected chi connectivity index (χ0v) is 12.3. The molecular formula is C15H30N2O. The monoisotopic (exact) mass is 254 g/mol. The first kappa shape index (κ1) is 15.5. The van der Waals surface area contributed by atoms with Gasteiger partial charge in [-0.3, -0.25) is 4.79 Å². The van der Waals surface area contributed by atoms with E-state index in [0.717, 1.165) is 18.9 Å². The van der Waals surface area contributed by atoms with Gasteiger partial charge in [-0.1, -0.05) is 32.1 Å². The van der Waals surface area contributed by atoms with Crippen LogP contribution in [0.1, 0.15) is 65.7 Å². The van der Waals surface area contributed by atoms with Gasteiger partial charge in [0.2, 0.25) is 5.91 Å². The van der Waals surface area contributed by atoms with Crippen molar-refractivity contribution in [1.29, 1.82) is 0 Å². The predicted molar refractivity (Wildman–Crippen MR) is 76.2 cm³/mol. The molecule has 1 saturated carbocycles. The summed E-state index contributed by atoms with van der Waals surface area (Å²) in [4.78, 5) is 11.8. The summed E-state index contributed by atoms with van der Waals surface area (Å²) in [6, 6.07) is 0. The Hall–Kier alpha value is -0.570. The van der Waals surface area contributed by atoms with Gasteiger partial charge in [0, 0.05) is 12.0 Å². The second-order valence-electron chi connectivity index (χ2n) is 6.73. The summed E-state index contributed by atoms with van der Waals surface area (Å²) >= 11 is 0. The van der Waals surface area contributed by atoms with Crippen LogP contribution in [-0.2, 0) is 4.79 Å². The Morgan fingerprint density at radius 1 is 1.28 bits per heavy atom. The lowest BCUT2D eigenvalue weighted by Gasteiger charge is -2.29. The van der Waals surface area contributed by atoms with E-state index >= 15 is 0 Å². The maximum atomic E-state index is 11.8. The minimum Gasteiger partial charge on any atom is -0.352 e. The van der Waals surface area contributed by atoms with Crippen molar-refractivity contribution in [1.82, 2.24) is 5.32 Å². The van der Waals surface area contributed by atoms with Gasteiger partial charge in [0.15, 0.2) is 0 Å². The van der Waals surface area contributed by atoms with E-state index in [4.69, 9.17) is 5.73 Å². The highest BCUT2D eigenvalue weighted by Crippen LogP contribution is 2.31. The van der Waals surface area contributed by atoms with Gasteiger partial charge in [-0.15, -0.1) is 0 Å². The molecule has 1 unspecified atom stereocenters. The fraction of sp³-hybridized carbons (Fsp3) is 0.933. The van der Waals surface area contributed by atoms with E-state index in [1.807, 2.05) is 20.8 Å². The lowest BCUT2D eigenvalue weighted by atomic mass is 9.78. The summed E-state index contributed by atoms with van der Waals surface area (Å²) in [6.07, 6.45) is 8.24. The lowest BCUT2D eigenvalue weighted by molar-refractivity contribution is -0.122. The molecule has 1 rings (SSSR count). The molecule has 3 nitrogen and oxygen atoms in total. The molecule has 1 aliphatic carbocycles. The van der Waals surface area contributed by atoms with Crippen molar-refractivity contribution in [2.45, 2.75) is 71.3 Å². The third-order valence-corrected chi connectivity index (χ3v) is 3.88. The largest absolute Gasteiger partial charge is 0.352 e. The van der Waals surface area contributed by atoms with Gasteiger partial charge in [-0.25, -0.2) is 0 Å². The van der Waals surface area contributed by atoms with E-state index in [1.165, 1.54) is 32.1 Å². The fourth-order valence-electron chi connectivity index (χ4n) is 2.95. The Bertz CT molecular complexity index is 252. The third-order valence-electron chi connectivity index (χ3n) is 3.88. The van der Waals surface area contributed by atoms with Crippen LogP contribution in [-0.4, -0.2) is 18.0 Å². The number of amides is 1. The Morgan fingerprint density at radius 2 is 1.89 bits per heavy atom. The molecule has 0 bridgehead atoms. The van der Waals surface area contributed by atoms with Crippen molar-refractivity contribution in [3.63, 3.8) is 0 Å². The van der Waals surface area contributed by atoms with Crippen LogP contribution in [0.25, 0.3) is 0 Å². The molecule has 0 heterocycles. The number of hydrogen-bond acceptors (Lipinski definition) is 2. The van der Waals surface area contributed by atoms with Crippen LogP contribution in [0.2, 0.25) is 0 Å². The molecule has 18 heavy (non-hydrogen) atoms. The van der Waals surface area contributed by atoms with E-state index in [2.05, 4.69) is 5.32 Å². The minimum absolute atomic E-state index is 0.125. The van der Waals surface area contributed by atoms with Gasteiger partial charge in [-0.05, 0) is 45.6 Å². The standard InChI is InChI=1S/C15H30N2O/c1-15(2,3)17-14(18)10-9-13(11-16)12-7-5-4-6-8-12/h12-13H,4-11,16H2,1-3H3,(H,17,18).